The lowest BCUT2D eigenvalue weighted by Gasteiger charge is -2.20. The lowest BCUT2D eigenvalue weighted by Crippen LogP contribution is -2.32. The van der Waals surface area contributed by atoms with E-state index < -0.39 is 11.8 Å². The van der Waals surface area contributed by atoms with Crippen molar-refractivity contribution in [2.75, 3.05) is 18.0 Å². The number of aromatic hydroxyl groups is 2. The van der Waals surface area contributed by atoms with Gasteiger partial charge in [-0.1, -0.05) is 30.3 Å². The van der Waals surface area contributed by atoms with Crippen LogP contribution >= 0.6 is 0 Å². The van der Waals surface area contributed by atoms with Gasteiger partial charge in [-0.25, -0.2) is 5.43 Å². The van der Waals surface area contributed by atoms with Crippen LogP contribution in [0.1, 0.15) is 35.3 Å². The van der Waals surface area contributed by atoms with Gasteiger partial charge in [0.15, 0.2) is 11.5 Å². The van der Waals surface area contributed by atoms with E-state index in [1.807, 2.05) is 24.3 Å². The summed E-state index contributed by atoms with van der Waals surface area (Å²) >= 11 is 0. The van der Waals surface area contributed by atoms with E-state index in [2.05, 4.69) is 34.6 Å². The number of anilines is 1. The second-order valence-electron chi connectivity index (χ2n) is 7.59. The van der Waals surface area contributed by atoms with Crippen LogP contribution in [0.5, 0.6) is 11.5 Å². The fourth-order valence-electron chi connectivity index (χ4n) is 3.33. The third-order valence-corrected chi connectivity index (χ3v) is 5.24. The van der Waals surface area contributed by atoms with Crippen LogP contribution in [0.2, 0.25) is 0 Å². The molecule has 0 spiro atoms. The van der Waals surface area contributed by atoms with E-state index in [0.717, 1.165) is 24.3 Å². The zero-order valence-corrected chi connectivity index (χ0v) is 19.6. The van der Waals surface area contributed by atoms with E-state index in [1.165, 1.54) is 24.4 Å². The summed E-state index contributed by atoms with van der Waals surface area (Å²) in [5.74, 6) is -1.61. The van der Waals surface area contributed by atoms with E-state index >= 15 is 0 Å². The van der Waals surface area contributed by atoms with Gasteiger partial charge in [0, 0.05) is 24.3 Å². The van der Waals surface area contributed by atoms with Gasteiger partial charge >= 0.3 is 0 Å². The standard InChI is InChI=1S/C27H28N4O4/c1-3-31(4-2)22-13-10-19(11-14-22)16-23(29-26(34)21-8-6-5-7-9-21)27(35)30-28-18-20-12-15-24(32)25(33)17-20/h5-18,32-33H,3-4H2,1-2H3,(H,29,34)(H,30,35)/b23-16-,28-18?. The number of phenolic OH excluding ortho intramolecular Hbond substituents is 2. The number of rotatable bonds is 9. The molecule has 180 valence electrons. The number of phenols is 2. The minimum absolute atomic E-state index is 0.0140. The second-order valence-corrected chi connectivity index (χ2v) is 7.59. The molecule has 4 N–H and O–H groups in total. The van der Waals surface area contributed by atoms with Crippen molar-refractivity contribution in [3.8, 4) is 11.5 Å². The molecule has 8 heteroatoms. The van der Waals surface area contributed by atoms with Crippen molar-refractivity contribution in [2.45, 2.75) is 13.8 Å². The molecular weight excluding hydrogens is 444 g/mol. The largest absolute Gasteiger partial charge is 0.504 e. The van der Waals surface area contributed by atoms with Crippen LogP contribution in [0, 0.1) is 0 Å². The maximum atomic E-state index is 12.9. The molecule has 0 atom stereocenters. The summed E-state index contributed by atoms with van der Waals surface area (Å²) in [6, 6.07) is 20.4. The van der Waals surface area contributed by atoms with Gasteiger partial charge in [-0.05, 0) is 73.5 Å². The summed E-state index contributed by atoms with van der Waals surface area (Å²) in [4.78, 5) is 27.8. The molecular formula is C27H28N4O4. The molecule has 3 aromatic rings. The SMILES string of the molecule is CCN(CC)c1ccc(/C=C(\NC(=O)c2ccccc2)C(=O)NN=Cc2ccc(O)c(O)c2)cc1. The fraction of sp³-hybridized carbons (Fsp3) is 0.148. The molecule has 0 aliphatic carbocycles. The molecule has 3 aromatic carbocycles. The molecule has 2 amide bonds. The summed E-state index contributed by atoms with van der Waals surface area (Å²) in [6.07, 6.45) is 2.89. The Bertz CT molecular complexity index is 1220. The van der Waals surface area contributed by atoms with Gasteiger partial charge in [0.05, 0.1) is 6.21 Å². The summed E-state index contributed by atoms with van der Waals surface area (Å²) in [5.41, 5.74) is 5.06. The number of nitrogens with zero attached hydrogens (tertiary/aromatic N) is 2. The maximum absolute atomic E-state index is 12.9. The Labute approximate surface area is 204 Å². The Kier molecular flexibility index (Phi) is 8.61. The van der Waals surface area contributed by atoms with E-state index in [-0.39, 0.29) is 17.2 Å². The van der Waals surface area contributed by atoms with Gasteiger partial charge in [-0.2, -0.15) is 5.10 Å². The average molecular weight is 473 g/mol. The summed E-state index contributed by atoms with van der Waals surface area (Å²) in [6.45, 7) is 5.92. The molecule has 0 heterocycles. The molecule has 0 unspecified atom stereocenters. The van der Waals surface area contributed by atoms with E-state index in [0.29, 0.717) is 11.1 Å². The molecule has 35 heavy (non-hydrogen) atoms. The predicted molar refractivity (Wildman–Crippen MR) is 137 cm³/mol. The number of carbonyl (C=O) groups excluding carboxylic acids is 2. The highest BCUT2D eigenvalue weighted by Crippen LogP contribution is 2.24. The first-order chi connectivity index (χ1) is 16.9. The number of amides is 2. The Morgan fingerprint density at radius 3 is 2.17 bits per heavy atom. The summed E-state index contributed by atoms with van der Waals surface area (Å²) in [5, 5.41) is 25.6. The zero-order valence-electron chi connectivity index (χ0n) is 19.6. The quantitative estimate of drug-likeness (QED) is 0.163. The van der Waals surface area contributed by atoms with Crippen LogP contribution in [0.3, 0.4) is 0 Å². The molecule has 0 aliphatic heterocycles. The monoisotopic (exact) mass is 472 g/mol. The Balaban J connectivity index is 1.82. The van der Waals surface area contributed by atoms with Crippen LogP contribution < -0.4 is 15.6 Å². The normalized spacial score (nSPS) is 11.3. The number of nitrogens with one attached hydrogen (secondary N) is 2. The minimum atomic E-state index is -0.624. The lowest BCUT2D eigenvalue weighted by atomic mass is 10.1. The number of hydrogen-bond acceptors (Lipinski definition) is 6. The maximum Gasteiger partial charge on any atom is 0.287 e. The highest BCUT2D eigenvalue weighted by atomic mass is 16.3. The number of hydrogen-bond donors (Lipinski definition) is 4. The average Bonchev–Trinajstić information content (AvgIpc) is 2.88. The molecule has 0 saturated heterocycles. The Morgan fingerprint density at radius 1 is 0.886 bits per heavy atom. The molecule has 0 saturated carbocycles. The topological polar surface area (TPSA) is 114 Å². The molecule has 8 nitrogen and oxygen atoms in total. The van der Waals surface area contributed by atoms with Gasteiger partial charge in [0.2, 0.25) is 0 Å². The van der Waals surface area contributed by atoms with Gasteiger partial charge in [0.1, 0.15) is 5.70 Å². The number of benzene rings is 3. The van der Waals surface area contributed by atoms with Gasteiger partial charge in [-0.3, -0.25) is 9.59 Å². The first-order valence-corrected chi connectivity index (χ1v) is 11.2. The van der Waals surface area contributed by atoms with Gasteiger partial charge in [0.25, 0.3) is 11.8 Å². The van der Waals surface area contributed by atoms with Crippen LogP contribution in [0.15, 0.2) is 83.6 Å². The van der Waals surface area contributed by atoms with Crippen molar-refractivity contribution in [1.29, 1.82) is 0 Å². The van der Waals surface area contributed by atoms with Gasteiger partial charge in [-0.15, -0.1) is 0 Å². The van der Waals surface area contributed by atoms with E-state index in [4.69, 9.17) is 0 Å². The van der Waals surface area contributed by atoms with Crippen molar-refractivity contribution in [3.63, 3.8) is 0 Å². The molecule has 0 bridgehead atoms. The van der Waals surface area contributed by atoms with Crippen molar-refractivity contribution < 1.29 is 19.8 Å². The molecule has 0 fully saturated rings. The van der Waals surface area contributed by atoms with Crippen molar-refractivity contribution in [1.82, 2.24) is 10.7 Å². The first kappa shape index (κ1) is 25.0. The third-order valence-electron chi connectivity index (χ3n) is 5.24. The molecule has 0 radical (unpaired) electrons. The second kappa shape index (κ2) is 12.0. The predicted octanol–water partition coefficient (Wildman–Crippen LogP) is 3.87. The summed E-state index contributed by atoms with van der Waals surface area (Å²) in [7, 11) is 0. The minimum Gasteiger partial charge on any atom is -0.504 e. The smallest absolute Gasteiger partial charge is 0.287 e. The van der Waals surface area contributed by atoms with Crippen molar-refractivity contribution in [2.24, 2.45) is 5.10 Å². The van der Waals surface area contributed by atoms with Crippen LogP contribution in [-0.4, -0.2) is 41.3 Å². The molecule has 0 aliphatic rings. The number of carbonyl (C=O) groups is 2. The Morgan fingerprint density at radius 2 is 1.54 bits per heavy atom. The van der Waals surface area contributed by atoms with Crippen LogP contribution in [0.4, 0.5) is 5.69 Å². The zero-order chi connectivity index (χ0) is 25.2. The highest BCUT2D eigenvalue weighted by molar-refractivity contribution is 6.05. The molecule has 3 rings (SSSR count). The lowest BCUT2D eigenvalue weighted by molar-refractivity contribution is -0.117. The Hall–Kier alpha value is -4.59. The van der Waals surface area contributed by atoms with Crippen LogP contribution in [0.25, 0.3) is 6.08 Å². The number of hydrazone groups is 1. The van der Waals surface area contributed by atoms with E-state index in [1.54, 1.807) is 36.4 Å². The highest BCUT2D eigenvalue weighted by Gasteiger charge is 2.14. The van der Waals surface area contributed by atoms with E-state index in [9.17, 15) is 19.8 Å². The first-order valence-electron chi connectivity index (χ1n) is 11.2. The third kappa shape index (κ3) is 6.94. The van der Waals surface area contributed by atoms with Crippen molar-refractivity contribution >= 4 is 29.8 Å². The van der Waals surface area contributed by atoms with Crippen LogP contribution in [-0.2, 0) is 4.79 Å². The molecule has 0 aromatic heterocycles. The fourth-order valence-corrected chi connectivity index (χ4v) is 3.33. The van der Waals surface area contributed by atoms with Crippen molar-refractivity contribution in [3.05, 3.63) is 95.2 Å². The van der Waals surface area contributed by atoms with Gasteiger partial charge < -0.3 is 20.4 Å². The summed E-state index contributed by atoms with van der Waals surface area (Å²) < 4.78 is 0.